The van der Waals surface area contributed by atoms with Crippen LogP contribution < -0.4 is 0 Å². The van der Waals surface area contributed by atoms with Gasteiger partial charge in [-0.3, -0.25) is 9.55 Å². The topological polar surface area (TPSA) is 50.9 Å². The van der Waals surface area contributed by atoms with E-state index in [1.165, 1.54) is 5.56 Å². The number of aromatic hydroxyl groups is 1. The van der Waals surface area contributed by atoms with E-state index in [-0.39, 0.29) is 43.1 Å². The minimum atomic E-state index is -0.823. The van der Waals surface area contributed by atoms with Gasteiger partial charge in [0.05, 0.1) is 22.3 Å². The number of phenolic OH excluding ortho intramolecular Hbond substituents is 1. The van der Waals surface area contributed by atoms with Crippen LogP contribution >= 0.6 is 0 Å². The van der Waals surface area contributed by atoms with Crippen molar-refractivity contribution in [2.24, 2.45) is 0 Å². The first kappa shape index (κ1) is 44.1. The summed E-state index contributed by atoms with van der Waals surface area (Å²) in [6.45, 7) is 25.8. The normalized spacial score (nSPS) is 12.6. The van der Waals surface area contributed by atoms with E-state index < -0.39 is 5.89 Å². The van der Waals surface area contributed by atoms with Gasteiger partial charge < -0.3 is 5.11 Å². The summed E-state index contributed by atoms with van der Waals surface area (Å²) >= 11 is 0. The number of hydrogen-bond acceptors (Lipinski definition) is 3. The maximum absolute atomic E-state index is 12.5. The van der Waals surface area contributed by atoms with Gasteiger partial charge in [0.15, 0.2) is 0 Å². The molecule has 0 spiro atoms. The van der Waals surface area contributed by atoms with Crippen LogP contribution in [0.5, 0.6) is 5.75 Å². The number of pyridine rings is 1. The Kier molecular flexibility index (Phi) is 12.0. The Labute approximate surface area is 391 Å². The number of benzene rings is 6. The van der Waals surface area contributed by atoms with Crippen LogP contribution in [0.3, 0.4) is 0 Å². The molecule has 0 aliphatic carbocycles. The number of aromatic nitrogens is 3. The minimum Gasteiger partial charge on any atom is -0.507 e. The molecule has 0 aliphatic rings. The Hall–Kier alpha value is -5.57. The molecule has 2 heterocycles. The summed E-state index contributed by atoms with van der Waals surface area (Å²) in [5, 5.41) is 12.5. The van der Waals surface area contributed by atoms with Crippen molar-refractivity contribution in [1.82, 2.24) is 14.5 Å². The van der Waals surface area contributed by atoms with Crippen LogP contribution in [-0.2, 0) is 37.3 Å². The van der Waals surface area contributed by atoms with Gasteiger partial charge in [-0.2, -0.15) is 0 Å². The fourth-order valence-corrected chi connectivity index (χ4v) is 8.23. The molecule has 0 atom stereocenters. The van der Waals surface area contributed by atoms with Gasteiger partial charge in [0.1, 0.15) is 11.6 Å². The van der Waals surface area contributed by atoms with Gasteiger partial charge >= 0.3 is 0 Å². The van der Waals surface area contributed by atoms with Crippen LogP contribution in [0, 0.1) is 13.0 Å². The quantitative estimate of drug-likeness (QED) is 0.162. The monoisotopic (exact) mass is 1010 g/mol. The van der Waals surface area contributed by atoms with Gasteiger partial charge in [0.2, 0.25) is 0 Å². The van der Waals surface area contributed by atoms with Crippen LogP contribution in [-0.4, -0.2) is 19.6 Å². The van der Waals surface area contributed by atoms with Crippen molar-refractivity contribution >= 4 is 11.0 Å². The number of imidazole rings is 1. The molecule has 8 aromatic rings. The molecule has 63 heavy (non-hydrogen) atoms. The summed E-state index contributed by atoms with van der Waals surface area (Å²) < 4.78 is 11.3. The van der Waals surface area contributed by atoms with Gasteiger partial charge in [-0.1, -0.05) is 178 Å². The third kappa shape index (κ3) is 9.11. The first-order valence-corrected chi connectivity index (χ1v) is 21.8. The van der Waals surface area contributed by atoms with Crippen LogP contribution in [0.4, 0.5) is 0 Å². The first-order chi connectivity index (χ1) is 29.6. The second kappa shape index (κ2) is 17.2. The van der Waals surface area contributed by atoms with E-state index in [0.29, 0.717) is 11.4 Å². The molecule has 0 fully saturated rings. The van der Waals surface area contributed by atoms with Gasteiger partial charge in [0.25, 0.3) is 0 Å². The number of rotatable bonds is 7. The van der Waals surface area contributed by atoms with Crippen molar-refractivity contribution < 1.29 is 27.5 Å². The summed E-state index contributed by atoms with van der Waals surface area (Å²) in [5.74, 6) is 0.0407. The molecule has 0 bridgehead atoms. The Balaban J connectivity index is 0.00000612. The SMILES string of the molecule is [2H]C(C)(C)c1ccc(-n2c(-c3cc(C(C)(C)C)cc(C(C)(C)C)c3O)nc3c(-c4[c-]c(-c5cc(-c6ccc(C)cc6)ccn5)cc(C(C)(C)C)c4)cccc32)c(-c2ccccc2)c1.[Pt]. The van der Waals surface area contributed by atoms with Crippen molar-refractivity contribution in [1.29, 1.82) is 0 Å². The molecule has 1 N–H and O–H groups in total. The Morgan fingerprint density at radius 3 is 1.94 bits per heavy atom. The zero-order chi connectivity index (χ0) is 45.2. The van der Waals surface area contributed by atoms with E-state index in [0.717, 1.165) is 83.6 Å². The predicted molar refractivity (Wildman–Crippen MR) is 261 cm³/mol. The maximum Gasteiger partial charge on any atom is 0.148 e. The molecule has 8 rings (SSSR count). The number of para-hydroxylation sites is 1. The zero-order valence-electron chi connectivity index (χ0n) is 39.8. The van der Waals surface area contributed by atoms with Crippen LogP contribution in [0.1, 0.15) is 111 Å². The second-order valence-electron chi connectivity index (χ2n) is 20.2. The summed E-state index contributed by atoms with van der Waals surface area (Å²) in [4.78, 5) is 10.5. The number of phenols is 1. The minimum absolute atomic E-state index is 0. The van der Waals surface area contributed by atoms with Crippen molar-refractivity contribution in [3.63, 3.8) is 0 Å². The van der Waals surface area contributed by atoms with Gasteiger partial charge in [-0.15, -0.1) is 29.3 Å². The molecular weight excluding hydrogens is 950 g/mol. The third-order valence-corrected chi connectivity index (χ3v) is 12.1. The molecule has 0 radical (unpaired) electrons. The molecule has 2 aromatic heterocycles. The summed E-state index contributed by atoms with van der Waals surface area (Å²) in [6, 6.07) is 48.5. The summed E-state index contributed by atoms with van der Waals surface area (Å²) in [5.41, 5.74) is 15.7. The van der Waals surface area contributed by atoms with Crippen molar-refractivity contribution in [3.05, 3.63) is 167 Å². The molecule has 5 heteroatoms. The predicted octanol–water partition coefficient (Wildman–Crippen LogP) is 15.6. The smallest absolute Gasteiger partial charge is 0.148 e. The Morgan fingerprint density at radius 1 is 0.619 bits per heavy atom. The van der Waals surface area contributed by atoms with Gasteiger partial charge in [-0.25, -0.2) is 4.98 Å². The second-order valence-corrected chi connectivity index (χ2v) is 20.2. The molecule has 0 unspecified atom stereocenters. The number of fused-ring (bicyclic) bond motifs is 1. The molecule has 0 aliphatic heterocycles. The van der Waals surface area contributed by atoms with Crippen LogP contribution in [0.15, 0.2) is 134 Å². The van der Waals surface area contributed by atoms with E-state index in [2.05, 4.69) is 201 Å². The fourth-order valence-electron chi connectivity index (χ4n) is 8.23. The first-order valence-electron chi connectivity index (χ1n) is 22.3. The van der Waals surface area contributed by atoms with E-state index in [4.69, 9.17) is 11.3 Å². The maximum atomic E-state index is 12.5. The molecule has 0 saturated carbocycles. The average Bonchev–Trinajstić information content (AvgIpc) is 3.62. The van der Waals surface area contributed by atoms with E-state index in [1.807, 2.05) is 26.1 Å². The Bertz CT molecular complexity index is 2990. The standard InChI is InChI=1S/C58H60N3O.Pt/c1-36(2)40-25-26-51(47(32-40)39-17-14-13-15-18-39)61-52-20-16-19-46(53(52)60-55(61)48-34-45(57(7,8)9)35-49(54(48)62)58(10,11)12)42-29-43(31-44(30-42)56(4,5)6)50-33-41(27-28-59-50)38-23-21-37(3)22-24-38;/h13-28,30-36,62H,1-12H3;/q-1;/i36D;. The summed E-state index contributed by atoms with van der Waals surface area (Å²) in [6.07, 6.45) is 1.89. The number of nitrogens with zero attached hydrogens (tertiary/aromatic N) is 3. The largest absolute Gasteiger partial charge is 0.507 e. The van der Waals surface area contributed by atoms with Crippen molar-refractivity contribution in [3.8, 4) is 67.5 Å². The van der Waals surface area contributed by atoms with Crippen LogP contribution in [0.2, 0.25) is 0 Å². The van der Waals surface area contributed by atoms with Crippen LogP contribution in [0.25, 0.3) is 72.7 Å². The third-order valence-electron chi connectivity index (χ3n) is 12.1. The number of aryl methyl sites for hydroxylation is 1. The summed E-state index contributed by atoms with van der Waals surface area (Å²) in [7, 11) is 0. The van der Waals surface area contributed by atoms with Crippen molar-refractivity contribution in [2.45, 2.75) is 105 Å². The number of hydrogen-bond donors (Lipinski definition) is 1. The average molecular weight is 1010 g/mol. The molecule has 0 amide bonds. The van der Waals surface area contributed by atoms with E-state index in [1.54, 1.807) is 0 Å². The van der Waals surface area contributed by atoms with Gasteiger partial charge in [-0.05, 0) is 87.2 Å². The van der Waals surface area contributed by atoms with E-state index in [9.17, 15) is 5.11 Å². The fraction of sp³-hybridized carbons (Fsp3) is 0.276. The Morgan fingerprint density at radius 2 is 1.29 bits per heavy atom. The molecular formula is C58H60N3OPt-. The van der Waals surface area contributed by atoms with Crippen molar-refractivity contribution in [2.75, 3.05) is 0 Å². The molecule has 4 nitrogen and oxygen atoms in total. The van der Waals surface area contributed by atoms with Gasteiger partial charge in [0, 0.05) is 45.5 Å². The molecule has 6 aromatic carbocycles. The zero-order valence-corrected chi connectivity index (χ0v) is 41.1. The van der Waals surface area contributed by atoms with E-state index >= 15 is 0 Å². The molecule has 324 valence electrons. The molecule has 0 saturated heterocycles.